The molecule has 2 heterocycles. The molecule has 3 nitrogen and oxygen atoms in total. The molecule has 3 heteroatoms. The Morgan fingerprint density at radius 2 is 1.86 bits per heavy atom. The molecule has 0 unspecified atom stereocenters. The summed E-state index contributed by atoms with van der Waals surface area (Å²) in [6.45, 7) is 9.06. The molecule has 2 fully saturated rings. The van der Waals surface area contributed by atoms with Crippen LogP contribution in [0.1, 0.15) is 44.8 Å². The lowest BCUT2D eigenvalue weighted by atomic mass is 9.94. The minimum Gasteiger partial charge on any atom is -0.373 e. The topological polar surface area (TPSA) is 24.5 Å². The zero-order valence-electron chi connectivity index (χ0n) is 14.0. The predicted octanol–water partition coefficient (Wildman–Crippen LogP) is 3.23. The van der Waals surface area contributed by atoms with Gasteiger partial charge in [0, 0.05) is 31.2 Å². The number of ether oxygens (including phenoxy) is 1. The SMILES string of the molecule is CC(C)N1CCC(NC[C@@H]2CCO[C@@H]2c2ccccc2)CC1. The Balaban J connectivity index is 1.47. The molecule has 2 atom stereocenters. The van der Waals surface area contributed by atoms with Crippen LogP contribution in [0.3, 0.4) is 0 Å². The summed E-state index contributed by atoms with van der Waals surface area (Å²) < 4.78 is 5.99. The zero-order chi connectivity index (χ0) is 15.4. The first kappa shape index (κ1) is 16.0. The number of nitrogens with one attached hydrogen (secondary N) is 1. The van der Waals surface area contributed by atoms with Crippen molar-refractivity contribution in [3.05, 3.63) is 35.9 Å². The van der Waals surface area contributed by atoms with Crippen molar-refractivity contribution in [2.45, 2.75) is 51.3 Å². The van der Waals surface area contributed by atoms with Crippen LogP contribution in [0.25, 0.3) is 0 Å². The fourth-order valence-corrected chi connectivity index (χ4v) is 3.79. The molecular formula is C19H30N2O. The molecule has 3 rings (SSSR count). The number of nitrogens with zero attached hydrogens (tertiary/aromatic N) is 1. The first-order valence-electron chi connectivity index (χ1n) is 8.88. The third-order valence-corrected chi connectivity index (χ3v) is 5.27. The summed E-state index contributed by atoms with van der Waals surface area (Å²) in [5, 5.41) is 3.82. The van der Waals surface area contributed by atoms with E-state index in [9.17, 15) is 0 Å². The second kappa shape index (κ2) is 7.58. The normalized spacial score (nSPS) is 27.6. The summed E-state index contributed by atoms with van der Waals surface area (Å²) in [7, 11) is 0. The number of rotatable bonds is 5. The van der Waals surface area contributed by atoms with Gasteiger partial charge in [0.2, 0.25) is 0 Å². The van der Waals surface area contributed by atoms with E-state index < -0.39 is 0 Å². The van der Waals surface area contributed by atoms with Crippen LogP contribution in [-0.4, -0.2) is 43.2 Å². The molecular weight excluding hydrogens is 272 g/mol. The number of benzene rings is 1. The highest BCUT2D eigenvalue weighted by atomic mass is 16.5. The Hall–Kier alpha value is -0.900. The number of hydrogen-bond donors (Lipinski definition) is 1. The summed E-state index contributed by atoms with van der Waals surface area (Å²) in [6, 6.07) is 12.1. The van der Waals surface area contributed by atoms with Crippen molar-refractivity contribution < 1.29 is 4.74 Å². The summed E-state index contributed by atoms with van der Waals surface area (Å²) in [4.78, 5) is 2.59. The van der Waals surface area contributed by atoms with Gasteiger partial charge in [0.15, 0.2) is 0 Å². The quantitative estimate of drug-likeness (QED) is 0.904. The van der Waals surface area contributed by atoms with E-state index in [0.717, 1.165) is 13.2 Å². The van der Waals surface area contributed by atoms with Gasteiger partial charge in [0.25, 0.3) is 0 Å². The van der Waals surface area contributed by atoms with Gasteiger partial charge < -0.3 is 15.0 Å². The van der Waals surface area contributed by atoms with Crippen LogP contribution in [0, 0.1) is 5.92 Å². The van der Waals surface area contributed by atoms with E-state index in [0.29, 0.717) is 18.0 Å². The Kier molecular flexibility index (Phi) is 5.51. The standard InChI is InChI=1S/C19H30N2O/c1-15(2)21-11-8-18(9-12-21)20-14-17-10-13-22-19(17)16-6-4-3-5-7-16/h3-7,15,17-20H,8-14H2,1-2H3/t17-,19+/m0/s1. The smallest absolute Gasteiger partial charge is 0.0866 e. The second-order valence-electron chi connectivity index (χ2n) is 7.06. The van der Waals surface area contributed by atoms with Gasteiger partial charge in [-0.3, -0.25) is 0 Å². The fraction of sp³-hybridized carbons (Fsp3) is 0.684. The van der Waals surface area contributed by atoms with Gasteiger partial charge in [0.1, 0.15) is 0 Å². The molecule has 22 heavy (non-hydrogen) atoms. The van der Waals surface area contributed by atoms with Crippen molar-refractivity contribution in [2.75, 3.05) is 26.2 Å². The van der Waals surface area contributed by atoms with Gasteiger partial charge in [-0.25, -0.2) is 0 Å². The molecule has 1 N–H and O–H groups in total. The number of hydrogen-bond acceptors (Lipinski definition) is 3. The van der Waals surface area contributed by atoms with Crippen molar-refractivity contribution in [3.63, 3.8) is 0 Å². The van der Waals surface area contributed by atoms with Gasteiger partial charge in [-0.1, -0.05) is 30.3 Å². The molecule has 0 spiro atoms. The first-order valence-corrected chi connectivity index (χ1v) is 8.88. The van der Waals surface area contributed by atoms with E-state index in [1.54, 1.807) is 0 Å². The van der Waals surface area contributed by atoms with Gasteiger partial charge in [-0.15, -0.1) is 0 Å². The van der Waals surface area contributed by atoms with E-state index >= 15 is 0 Å². The Morgan fingerprint density at radius 1 is 1.14 bits per heavy atom. The fourth-order valence-electron chi connectivity index (χ4n) is 3.79. The summed E-state index contributed by atoms with van der Waals surface area (Å²) >= 11 is 0. The maximum Gasteiger partial charge on any atom is 0.0866 e. The van der Waals surface area contributed by atoms with Gasteiger partial charge in [-0.05, 0) is 51.8 Å². The van der Waals surface area contributed by atoms with Crippen LogP contribution in [0.2, 0.25) is 0 Å². The van der Waals surface area contributed by atoms with Crippen LogP contribution in [0.5, 0.6) is 0 Å². The highest BCUT2D eigenvalue weighted by Crippen LogP contribution is 2.34. The summed E-state index contributed by atoms with van der Waals surface area (Å²) in [5.41, 5.74) is 1.33. The molecule has 0 saturated carbocycles. The van der Waals surface area contributed by atoms with E-state index in [4.69, 9.17) is 4.74 Å². The van der Waals surface area contributed by atoms with Crippen LogP contribution >= 0.6 is 0 Å². The molecule has 2 saturated heterocycles. The van der Waals surface area contributed by atoms with E-state index in [-0.39, 0.29) is 6.10 Å². The van der Waals surface area contributed by atoms with Crippen LogP contribution in [0.15, 0.2) is 30.3 Å². The predicted molar refractivity (Wildman–Crippen MR) is 91.0 cm³/mol. The summed E-state index contributed by atoms with van der Waals surface area (Å²) in [5.74, 6) is 0.616. The van der Waals surface area contributed by atoms with Crippen LogP contribution in [-0.2, 0) is 4.74 Å². The molecule has 0 bridgehead atoms. The first-order chi connectivity index (χ1) is 10.7. The van der Waals surface area contributed by atoms with Crippen molar-refractivity contribution >= 4 is 0 Å². The van der Waals surface area contributed by atoms with Crippen LogP contribution < -0.4 is 5.32 Å². The molecule has 1 aromatic carbocycles. The molecule has 1 aromatic rings. The average molecular weight is 302 g/mol. The van der Waals surface area contributed by atoms with Gasteiger partial charge in [-0.2, -0.15) is 0 Å². The third-order valence-electron chi connectivity index (χ3n) is 5.27. The van der Waals surface area contributed by atoms with Crippen molar-refractivity contribution in [1.82, 2.24) is 10.2 Å². The number of piperidine rings is 1. The van der Waals surface area contributed by atoms with Crippen molar-refractivity contribution in [2.24, 2.45) is 5.92 Å². The maximum absolute atomic E-state index is 5.99. The van der Waals surface area contributed by atoms with Crippen LogP contribution in [0.4, 0.5) is 0 Å². The summed E-state index contributed by atoms with van der Waals surface area (Å²) in [6.07, 6.45) is 4.02. The molecule has 2 aliphatic rings. The molecule has 122 valence electrons. The zero-order valence-corrected chi connectivity index (χ0v) is 14.0. The minimum atomic E-state index is 0.282. The third kappa shape index (κ3) is 3.89. The molecule has 0 radical (unpaired) electrons. The molecule has 0 aliphatic carbocycles. The monoisotopic (exact) mass is 302 g/mol. The highest BCUT2D eigenvalue weighted by Gasteiger charge is 2.30. The van der Waals surface area contributed by atoms with Crippen molar-refractivity contribution in [3.8, 4) is 0 Å². The second-order valence-corrected chi connectivity index (χ2v) is 7.06. The molecule has 2 aliphatic heterocycles. The Labute approximate surface area is 135 Å². The van der Waals surface area contributed by atoms with E-state index in [1.807, 2.05) is 0 Å². The average Bonchev–Trinajstić information content (AvgIpc) is 3.02. The van der Waals surface area contributed by atoms with Gasteiger partial charge in [0.05, 0.1) is 6.10 Å². The maximum atomic E-state index is 5.99. The molecule has 0 aromatic heterocycles. The highest BCUT2D eigenvalue weighted by molar-refractivity contribution is 5.19. The lowest BCUT2D eigenvalue weighted by Crippen LogP contribution is -2.46. The molecule has 0 amide bonds. The van der Waals surface area contributed by atoms with Gasteiger partial charge >= 0.3 is 0 Å². The van der Waals surface area contributed by atoms with E-state index in [2.05, 4.69) is 54.4 Å². The lowest BCUT2D eigenvalue weighted by molar-refractivity contribution is 0.0880. The lowest BCUT2D eigenvalue weighted by Gasteiger charge is -2.35. The number of likely N-dealkylation sites (tertiary alicyclic amines) is 1. The largest absolute Gasteiger partial charge is 0.373 e. The van der Waals surface area contributed by atoms with Crippen molar-refractivity contribution in [1.29, 1.82) is 0 Å². The minimum absolute atomic E-state index is 0.282. The van der Waals surface area contributed by atoms with E-state index in [1.165, 1.54) is 37.9 Å². The Morgan fingerprint density at radius 3 is 2.55 bits per heavy atom. The Bertz CT molecular complexity index is 440.